The smallest absolute Gasteiger partial charge is 0.262 e. The van der Waals surface area contributed by atoms with E-state index in [0.29, 0.717) is 70.4 Å². The Labute approximate surface area is 394 Å². The molecular weight excluding hydrogens is 943 g/mol. The van der Waals surface area contributed by atoms with Gasteiger partial charge in [-0.05, 0) is 39.5 Å². The molecule has 2 aliphatic carbocycles. The molecule has 5 N–H and O–H groups in total. The van der Waals surface area contributed by atoms with Crippen LogP contribution in [0.4, 0.5) is 29.2 Å². The van der Waals surface area contributed by atoms with Crippen LogP contribution in [-0.2, 0) is 19.8 Å². The van der Waals surface area contributed by atoms with Gasteiger partial charge in [-0.25, -0.2) is 52.4 Å². The van der Waals surface area contributed by atoms with E-state index in [1.807, 2.05) is 24.6 Å². The predicted molar refractivity (Wildman–Crippen MR) is 238 cm³/mol. The first-order chi connectivity index (χ1) is 32.7. The normalized spacial score (nSPS) is 15.4. The van der Waals surface area contributed by atoms with Crippen LogP contribution in [0.15, 0.2) is 61.8 Å². The van der Waals surface area contributed by atoms with Crippen molar-refractivity contribution in [2.24, 2.45) is 0 Å². The molecule has 0 unspecified atom stereocenters. The van der Waals surface area contributed by atoms with Crippen molar-refractivity contribution in [3.63, 3.8) is 0 Å². The number of aliphatic hydroxyl groups is 2. The van der Waals surface area contributed by atoms with Gasteiger partial charge in [0.25, 0.3) is 11.8 Å². The van der Waals surface area contributed by atoms with Crippen LogP contribution in [0.25, 0.3) is 21.7 Å². The third-order valence-corrected chi connectivity index (χ3v) is 11.8. The number of nitrogens with one attached hydrogen (secondary N) is 2. The lowest BCUT2D eigenvalue weighted by atomic mass is 9.92. The molecule has 0 aliphatic heterocycles. The van der Waals surface area contributed by atoms with Gasteiger partial charge < -0.3 is 53.4 Å². The Bertz CT molecular complexity index is 2530. The molecule has 0 saturated heterocycles. The first kappa shape index (κ1) is 50.9. The molecule has 366 valence electrons. The summed E-state index contributed by atoms with van der Waals surface area (Å²) in [5.41, 5.74) is 1.70. The summed E-state index contributed by atoms with van der Waals surface area (Å²) in [6.07, 6.45) is 8.95. The summed E-state index contributed by atoms with van der Waals surface area (Å²) in [6, 6.07) is -0.344. The number of rotatable bonds is 13. The number of ether oxygens (including phenoxy) is 3. The van der Waals surface area contributed by atoms with Crippen molar-refractivity contribution >= 4 is 34.3 Å². The molecule has 2 fully saturated rings. The van der Waals surface area contributed by atoms with Crippen molar-refractivity contribution in [2.75, 3.05) is 24.9 Å². The summed E-state index contributed by atoms with van der Waals surface area (Å²) in [5.74, 6) is -2.15. The van der Waals surface area contributed by atoms with Gasteiger partial charge in [-0.1, -0.05) is 0 Å². The lowest BCUT2D eigenvalue weighted by Gasteiger charge is -2.29. The predicted octanol–water partition coefficient (Wildman–Crippen LogP) is 8.42. The van der Waals surface area contributed by atoms with Crippen LogP contribution in [0.3, 0.4) is 0 Å². The molecule has 26 heteroatoms. The number of aromatic hydroxyl groups is 1. The number of nitrogens with zero attached hydrogens (tertiary/aromatic N) is 9. The van der Waals surface area contributed by atoms with Crippen molar-refractivity contribution in [1.82, 2.24) is 44.9 Å². The molecule has 9 rings (SSSR count). The minimum absolute atomic E-state index is 0.0245. The largest absolute Gasteiger partial charge is 0.501 e. The van der Waals surface area contributed by atoms with Crippen LogP contribution < -0.4 is 24.8 Å². The third kappa shape index (κ3) is 14.7. The lowest BCUT2D eigenvalue weighted by Crippen LogP contribution is -2.32. The van der Waals surface area contributed by atoms with E-state index < -0.39 is 11.8 Å². The number of hydrogen-bond acceptors (Lipinski definition) is 22. The van der Waals surface area contributed by atoms with Crippen molar-refractivity contribution in [3.8, 4) is 44.9 Å². The summed E-state index contributed by atoms with van der Waals surface area (Å²) in [6.45, 7) is 3.69. The van der Waals surface area contributed by atoms with E-state index in [-0.39, 0.29) is 86.7 Å². The summed E-state index contributed by atoms with van der Waals surface area (Å²) >= 11 is 2.79. The van der Waals surface area contributed by atoms with Gasteiger partial charge >= 0.3 is 0 Å². The maximum atomic E-state index is 13.6. The molecule has 7 heterocycles. The Balaban J connectivity index is 0.000000176. The van der Waals surface area contributed by atoms with Crippen LogP contribution >= 0.6 is 22.7 Å². The van der Waals surface area contributed by atoms with Gasteiger partial charge in [0.2, 0.25) is 23.3 Å². The monoisotopic (exact) mass is 991 g/mol. The second-order valence-corrected chi connectivity index (χ2v) is 16.8. The number of aryl methyl sites for hydroxylation is 2. The van der Waals surface area contributed by atoms with E-state index in [4.69, 9.17) is 28.8 Å². The van der Waals surface area contributed by atoms with E-state index >= 15 is 0 Å². The quantitative estimate of drug-likeness (QED) is 0.0678. The van der Waals surface area contributed by atoms with Gasteiger partial charge in [0, 0.05) is 59.9 Å². The number of oxazole rings is 3. The summed E-state index contributed by atoms with van der Waals surface area (Å²) in [5, 5.41) is 38.1. The van der Waals surface area contributed by atoms with E-state index in [9.17, 15) is 22.7 Å². The van der Waals surface area contributed by atoms with Crippen LogP contribution in [0.2, 0.25) is 0 Å². The molecule has 7 aromatic rings. The fourth-order valence-electron chi connectivity index (χ4n) is 6.43. The highest BCUT2D eigenvalue weighted by Gasteiger charge is 2.37. The molecule has 0 amide bonds. The highest BCUT2D eigenvalue weighted by molar-refractivity contribution is 7.13. The van der Waals surface area contributed by atoms with Crippen molar-refractivity contribution in [1.29, 1.82) is 0 Å². The van der Waals surface area contributed by atoms with Crippen LogP contribution in [0.1, 0.15) is 80.0 Å². The summed E-state index contributed by atoms with van der Waals surface area (Å²) < 4.78 is 84.5. The molecule has 7 aromatic heterocycles. The summed E-state index contributed by atoms with van der Waals surface area (Å²) in [7, 11) is 2.87. The molecule has 0 aromatic carbocycles. The number of halogens is 4. The SMILES string of the molecule is COc1nc(-c2nc(C)cs2)nc(NC2CCC(F)(F)CC2)c1O.COc1nc(-c2nc(C)cs2)nc(NC2CCC(F)(F)CC2)c1OCc1cnco1.OCc1cnco1.OCc1cnco1. The van der Waals surface area contributed by atoms with Gasteiger partial charge in [0.05, 0.1) is 32.8 Å². The first-order valence-corrected chi connectivity index (χ1v) is 22.6. The minimum atomic E-state index is -2.61. The summed E-state index contributed by atoms with van der Waals surface area (Å²) in [4.78, 5) is 37.2. The van der Waals surface area contributed by atoms with E-state index in [1.165, 1.54) is 74.7 Å². The van der Waals surface area contributed by atoms with Crippen LogP contribution in [0.5, 0.6) is 23.3 Å². The fraction of sp³-hybridized carbons (Fsp3) is 0.452. The zero-order chi connectivity index (χ0) is 48.7. The van der Waals surface area contributed by atoms with Crippen LogP contribution in [-0.4, -0.2) is 98.3 Å². The zero-order valence-corrected chi connectivity index (χ0v) is 38.8. The molecular formula is C42H49F4N11O9S2. The Kier molecular flexibility index (Phi) is 17.9. The highest BCUT2D eigenvalue weighted by Crippen LogP contribution is 2.41. The molecule has 0 radical (unpaired) electrons. The Hall–Kier alpha value is -6.51. The number of anilines is 2. The minimum Gasteiger partial charge on any atom is -0.501 e. The van der Waals surface area contributed by atoms with Crippen molar-refractivity contribution in [3.05, 3.63) is 77.2 Å². The Morgan fingerprint density at radius 2 is 1.06 bits per heavy atom. The molecule has 0 atom stereocenters. The third-order valence-electron chi connectivity index (χ3n) is 9.93. The molecule has 20 nitrogen and oxygen atoms in total. The first-order valence-electron chi connectivity index (χ1n) is 20.9. The Morgan fingerprint density at radius 1 is 0.632 bits per heavy atom. The lowest BCUT2D eigenvalue weighted by molar-refractivity contribution is -0.0366. The van der Waals surface area contributed by atoms with Crippen LogP contribution in [0, 0.1) is 13.8 Å². The van der Waals surface area contributed by atoms with Crippen molar-refractivity contribution in [2.45, 2.75) is 109 Å². The van der Waals surface area contributed by atoms with E-state index in [2.05, 4.69) is 64.3 Å². The maximum Gasteiger partial charge on any atom is 0.262 e. The Morgan fingerprint density at radius 3 is 1.44 bits per heavy atom. The number of hydrogen-bond donors (Lipinski definition) is 5. The van der Waals surface area contributed by atoms with Gasteiger partial charge in [-0.3, -0.25) is 0 Å². The number of thiazole rings is 2. The van der Waals surface area contributed by atoms with Gasteiger partial charge in [0.1, 0.15) is 31.3 Å². The number of alkyl halides is 4. The molecule has 0 spiro atoms. The number of aromatic nitrogens is 9. The van der Waals surface area contributed by atoms with Gasteiger partial charge in [0.15, 0.2) is 58.2 Å². The molecule has 68 heavy (non-hydrogen) atoms. The number of aliphatic hydroxyl groups excluding tert-OH is 2. The fourth-order valence-corrected chi connectivity index (χ4v) is 7.89. The molecule has 0 bridgehead atoms. The average Bonchev–Trinajstić information content (AvgIpc) is 4.20. The second kappa shape index (κ2) is 24.0. The zero-order valence-electron chi connectivity index (χ0n) is 37.2. The standard InChI is InChI=1S/C19H21F2N5O3S.C15H18F2N4O2S.2C4H5NO2/c1-11-9-30-18(23-11)16-25-15(24-12-3-5-19(20,21)6-4-12)14(17(26-16)27-2)28-8-13-7-22-10-29-13;1-8-7-24-14(18-8)12-20-11(10(22)13(21-12)23-2)19-9-3-5-15(16,17)6-4-9;2*6-2-4-1-5-3-7-4/h7,9-10,12H,3-6,8H2,1-2H3,(H,24,25,26);7,9,22H,3-6H2,1-2H3,(H,19,20,21);2*1,3,6H,2H2. The molecule has 2 aliphatic rings. The van der Waals surface area contributed by atoms with Crippen molar-refractivity contribution < 1.29 is 60.3 Å². The van der Waals surface area contributed by atoms with Gasteiger partial charge in [-0.15, -0.1) is 22.7 Å². The van der Waals surface area contributed by atoms with E-state index in [1.54, 1.807) is 0 Å². The number of methoxy groups -OCH3 is 2. The maximum absolute atomic E-state index is 13.6. The average molecular weight is 992 g/mol. The highest BCUT2D eigenvalue weighted by atomic mass is 32.1. The molecule has 2 saturated carbocycles. The second-order valence-electron chi connectivity index (χ2n) is 15.1. The topological polar surface area (TPSA) is 268 Å². The van der Waals surface area contributed by atoms with Gasteiger partial charge in [-0.2, -0.15) is 9.97 Å². The van der Waals surface area contributed by atoms with E-state index in [0.717, 1.165) is 11.4 Å².